The predicted octanol–water partition coefficient (Wildman–Crippen LogP) is 4.43. The molecule has 0 radical (unpaired) electrons. The first-order valence-corrected chi connectivity index (χ1v) is 10.9. The summed E-state index contributed by atoms with van der Waals surface area (Å²) in [6, 6.07) is 12.5. The number of aryl methyl sites for hydroxylation is 3. The Kier molecular flexibility index (Phi) is 5.56. The van der Waals surface area contributed by atoms with E-state index >= 15 is 0 Å². The van der Waals surface area contributed by atoms with Crippen LogP contribution in [0.15, 0.2) is 57.4 Å². The molecular formula is C23H20ClN3O3S. The van der Waals surface area contributed by atoms with Crippen LogP contribution in [0.4, 0.5) is 5.69 Å². The van der Waals surface area contributed by atoms with Crippen molar-refractivity contribution in [2.24, 2.45) is 0 Å². The number of benzene rings is 2. The van der Waals surface area contributed by atoms with Gasteiger partial charge in [0.05, 0.1) is 11.2 Å². The zero-order chi connectivity index (χ0) is 22.3. The number of nitrogens with zero attached hydrogens (tertiary/aromatic N) is 2. The van der Waals surface area contributed by atoms with Gasteiger partial charge in [-0.25, -0.2) is 9.36 Å². The summed E-state index contributed by atoms with van der Waals surface area (Å²) >= 11 is 7.38. The minimum atomic E-state index is -0.554. The van der Waals surface area contributed by atoms with Crippen LogP contribution < -0.4 is 16.6 Å². The Morgan fingerprint density at radius 2 is 1.77 bits per heavy atom. The predicted molar refractivity (Wildman–Crippen MR) is 126 cm³/mol. The van der Waals surface area contributed by atoms with Crippen LogP contribution in [0.25, 0.3) is 15.9 Å². The summed E-state index contributed by atoms with van der Waals surface area (Å²) in [5.74, 6) is -0.388. The van der Waals surface area contributed by atoms with Gasteiger partial charge in [-0.15, -0.1) is 11.3 Å². The number of rotatable bonds is 4. The molecule has 4 aromatic rings. The van der Waals surface area contributed by atoms with Crippen molar-refractivity contribution in [2.75, 3.05) is 5.32 Å². The van der Waals surface area contributed by atoms with Gasteiger partial charge in [0.15, 0.2) is 0 Å². The van der Waals surface area contributed by atoms with Gasteiger partial charge in [-0.1, -0.05) is 29.8 Å². The molecule has 4 rings (SSSR count). The monoisotopic (exact) mass is 453 g/mol. The molecule has 158 valence electrons. The number of thiophene rings is 1. The van der Waals surface area contributed by atoms with E-state index < -0.39 is 5.69 Å². The number of halogens is 1. The first-order valence-electron chi connectivity index (χ1n) is 9.63. The van der Waals surface area contributed by atoms with Crippen molar-refractivity contribution >= 4 is 44.7 Å². The Bertz CT molecular complexity index is 1450. The maximum absolute atomic E-state index is 13.4. The lowest BCUT2D eigenvalue weighted by Crippen LogP contribution is -2.40. The van der Waals surface area contributed by atoms with Crippen LogP contribution >= 0.6 is 22.9 Å². The molecule has 0 atom stereocenters. The number of carbonyl (C=O) groups excluding carboxylic acids is 1. The van der Waals surface area contributed by atoms with Gasteiger partial charge in [-0.3, -0.25) is 14.2 Å². The lowest BCUT2D eigenvalue weighted by molar-refractivity contribution is -0.116. The maximum atomic E-state index is 13.4. The second-order valence-corrected chi connectivity index (χ2v) is 8.77. The Labute approximate surface area is 187 Å². The normalized spacial score (nSPS) is 11.1. The van der Waals surface area contributed by atoms with Gasteiger partial charge in [0, 0.05) is 10.7 Å². The molecular weight excluding hydrogens is 434 g/mol. The third-order valence-corrected chi connectivity index (χ3v) is 6.42. The Morgan fingerprint density at radius 1 is 1.03 bits per heavy atom. The molecule has 1 N–H and O–H groups in total. The van der Waals surface area contributed by atoms with Crippen molar-refractivity contribution in [2.45, 2.75) is 27.3 Å². The topological polar surface area (TPSA) is 73.1 Å². The van der Waals surface area contributed by atoms with Crippen molar-refractivity contribution in [3.63, 3.8) is 0 Å². The van der Waals surface area contributed by atoms with Gasteiger partial charge >= 0.3 is 5.69 Å². The highest BCUT2D eigenvalue weighted by Crippen LogP contribution is 2.21. The van der Waals surface area contributed by atoms with Crippen molar-refractivity contribution in [3.05, 3.63) is 90.4 Å². The fourth-order valence-corrected chi connectivity index (χ4v) is 4.43. The average molecular weight is 454 g/mol. The molecule has 0 aliphatic carbocycles. The van der Waals surface area contributed by atoms with Gasteiger partial charge in [0.1, 0.15) is 11.2 Å². The number of anilines is 1. The molecule has 0 saturated heterocycles. The lowest BCUT2D eigenvalue weighted by atomic mass is 10.1. The summed E-state index contributed by atoms with van der Waals surface area (Å²) in [6.45, 7) is 5.38. The Hall–Kier alpha value is -3.16. The van der Waals surface area contributed by atoms with E-state index in [0.29, 0.717) is 26.6 Å². The van der Waals surface area contributed by atoms with Crippen molar-refractivity contribution in [1.82, 2.24) is 9.13 Å². The zero-order valence-corrected chi connectivity index (χ0v) is 18.8. The number of carbonyl (C=O) groups is 1. The molecule has 0 spiro atoms. The molecule has 0 unspecified atom stereocenters. The summed E-state index contributed by atoms with van der Waals surface area (Å²) in [4.78, 5) is 39.3. The van der Waals surface area contributed by atoms with E-state index in [-0.39, 0.29) is 18.0 Å². The zero-order valence-electron chi connectivity index (χ0n) is 17.2. The fourth-order valence-electron chi connectivity index (χ4n) is 3.43. The molecule has 2 heterocycles. The standard InChI is InChI=1S/C23H20ClN3O3S/c1-13-4-5-15(3)19(10-13)27-22(29)21-18(8-9-31-21)26(23(27)30)12-20(28)25-16-7-6-14(2)17(24)11-16/h4-11H,12H2,1-3H3,(H,25,28). The molecule has 2 aromatic carbocycles. The molecule has 6 nitrogen and oxygen atoms in total. The molecule has 8 heteroatoms. The van der Waals surface area contributed by atoms with Gasteiger partial charge < -0.3 is 5.32 Å². The third kappa shape index (κ3) is 3.94. The van der Waals surface area contributed by atoms with E-state index in [0.717, 1.165) is 21.3 Å². The lowest BCUT2D eigenvalue weighted by Gasteiger charge is -2.14. The van der Waals surface area contributed by atoms with Crippen LogP contribution in [-0.4, -0.2) is 15.0 Å². The van der Waals surface area contributed by atoms with Gasteiger partial charge in [-0.2, -0.15) is 0 Å². The molecule has 0 aliphatic heterocycles. The smallest absolute Gasteiger partial charge is 0.324 e. The van der Waals surface area contributed by atoms with Crippen molar-refractivity contribution in [1.29, 1.82) is 0 Å². The summed E-state index contributed by atoms with van der Waals surface area (Å²) in [5, 5.41) is 5.05. The van der Waals surface area contributed by atoms with Gasteiger partial charge in [0.25, 0.3) is 5.56 Å². The highest BCUT2D eigenvalue weighted by Gasteiger charge is 2.19. The number of amides is 1. The Balaban J connectivity index is 1.81. The largest absolute Gasteiger partial charge is 0.336 e. The minimum absolute atomic E-state index is 0.233. The average Bonchev–Trinajstić information content (AvgIpc) is 3.21. The van der Waals surface area contributed by atoms with E-state index in [2.05, 4.69) is 5.32 Å². The van der Waals surface area contributed by atoms with Crippen LogP contribution in [0, 0.1) is 20.8 Å². The van der Waals surface area contributed by atoms with E-state index in [4.69, 9.17) is 11.6 Å². The first-order chi connectivity index (χ1) is 14.8. The number of aromatic nitrogens is 2. The van der Waals surface area contributed by atoms with E-state index in [1.54, 1.807) is 29.6 Å². The Morgan fingerprint density at radius 3 is 2.52 bits per heavy atom. The maximum Gasteiger partial charge on any atom is 0.336 e. The van der Waals surface area contributed by atoms with Crippen LogP contribution in [-0.2, 0) is 11.3 Å². The third-order valence-electron chi connectivity index (χ3n) is 5.12. The summed E-state index contributed by atoms with van der Waals surface area (Å²) in [5.41, 5.74) is 3.19. The van der Waals surface area contributed by atoms with E-state index in [1.807, 2.05) is 39.0 Å². The molecule has 0 aliphatic rings. The van der Waals surface area contributed by atoms with Gasteiger partial charge in [0.2, 0.25) is 5.91 Å². The van der Waals surface area contributed by atoms with Crippen LogP contribution in [0.5, 0.6) is 0 Å². The number of nitrogens with one attached hydrogen (secondary N) is 1. The van der Waals surface area contributed by atoms with E-state index in [9.17, 15) is 14.4 Å². The molecule has 2 aromatic heterocycles. The van der Waals surface area contributed by atoms with Crippen LogP contribution in [0.3, 0.4) is 0 Å². The molecule has 0 saturated carbocycles. The molecule has 0 fully saturated rings. The van der Waals surface area contributed by atoms with Crippen LogP contribution in [0.1, 0.15) is 16.7 Å². The quantitative estimate of drug-likeness (QED) is 0.496. The van der Waals surface area contributed by atoms with Gasteiger partial charge in [-0.05, 0) is 67.1 Å². The number of fused-ring (bicyclic) bond motifs is 1. The molecule has 1 amide bonds. The summed E-state index contributed by atoms with van der Waals surface area (Å²) in [6.07, 6.45) is 0. The minimum Gasteiger partial charge on any atom is -0.324 e. The molecule has 31 heavy (non-hydrogen) atoms. The second-order valence-electron chi connectivity index (χ2n) is 7.45. The fraction of sp³-hybridized carbons (Fsp3) is 0.174. The number of hydrogen-bond donors (Lipinski definition) is 1. The van der Waals surface area contributed by atoms with Crippen molar-refractivity contribution < 1.29 is 4.79 Å². The first kappa shape index (κ1) is 21.1. The number of hydrogen-bond acceptors (Lipinski definition) is 4. The SMILES string of the molecule is Cc1ccc(C)c(-n2c(=O)c3sccc3n(CC(=O)Nc3ccc(C)c(Cl)c3)c2=O)c1. The summed E-state index contributed by atoms with van der Waals surface area (Å²) in [7, 11) is 0. The summed E-state index contributed by atoms with van der Waals surface area (Å²) < 4.78 is 2.91. The highest BCUT2D eigenvalue weighted by molar-refractivity contribution is 7.17. The van der Waals surface area contributed by atoms with E-state index in [1.165, 1.54) is 15.9 Å². The van der Waals surface area contributed by atoms with Crippen LogP contribution in [0.2, 0.25) is 5.02 Å². The highest BCUT2D eigenvalue weighted by atomic mass is 35.5. The second kappa shape index (κ2) is 8.17. The molecule has 0 bridgehead atoms. The van der Waals surface area contributed by atoms with Crippen molar-refractivity contribution in [3.8, 4) is 5.69 Å².